The van der Waals surface area contributed by atoms with Gasteiger partial charge in [0.1, 0.15) is 18.1 Å². The van der Waals surface area contributed by atoms with Crippen LogP contribution in [0.15, 0.2) is 73.1 Å². The molecular formula is C33H40F3N7O6. The lowest BCUT2D eigenvalue weighted by atomic mass is 10.0. The summed E-state index contributed by atoms with van der Waals surface area (Å²) >= 11 is 0. The normalized spacial score (nSPS) is 14.5. The highest BCUT2D eigenvalue weighted by atomic mass is 19.4. The fourth-order valence-electron chi connectivity index (χ4n) is 4.76. The van der Waals surface area contributed by atoms with Gasteiger partial charge in [0, 0.05) is 19.0 Å². The van der Waals surface area contributed by atoms with E-state index in [4.69, 9.17) is 5.73 Å². The summed E-state index contributed by atoms with van der Waals surface area (Å²) < 4.78 is 41.2. The number of halogens is 3. The average Bonchev–Trinajstić information content (AvgIpc) is 3.55. The van der Waals surface area contributed by atoms with Gasteiger partial charge < -0.3 is 32.1 Å². The van der Waals surface area contributed by atoms with Crippen LogP contribution in [0.3, 0.4) is 0 Å². The molecule has 5 amide bonds. The molecular weight excluding hydrogens is 647 g/mol. The molecule has 0 fully saturated rings. The zero-order valence-corrected chi connectivity index (χ0v) is 27.1. The van der Waals surface area contributed by atoms with Crippen LogP contribution >= 0.6 is 0 Å². The number of para-hydroxylation sites is 1. The van der Waals surface area contributed by atoms with Crippen LogP contribution in [-0.2, 0) is 25.6 Å². The van der Waals surface area contributed by atoms with Gasteiger partial charge in [-0.1, -0.05) is 62.4 Å². The minimum absolute atomic E-state index is 0.0383. The molecule has 1 aromatic heterocycles. The Morgan fingerprint density at radius 1 is 0.857 bits per heavy atom. The number of aliphatic hydroxyl groups is 1. The van der Waals surface area contributed by atoms with Gasteiger partial charge in [0.25, 0.3) is 5.91 Å². The van der Waals surface area contributed by atoms with Crippen LogP contribution in [-0.4, -0.2) is 80.9 Å². The molecule has 7 N–H and O–H groups in total. The molecule has 49 heavy (non-hydrogen) atoms. The van der Waals surface area contributed by atoms with Gasteiger partial charge in [-0.2, -0.15) is 18.3 Å². The Kier molecular flexibility index (Phi) is 13.4. The highest BCUT2D eigenvalue weighted by Crippen LogP contribution is 2.24. The number of benzene rings is 2. The Labute approximate surface area is 280 Å². The first-order chi connectivity index (χ1) is 23.1. The van der Waals surface area contributed by atoms with Gasteiger partial charge in [0.2, 0.25) is 23.6 Å². The molecule has 0 saturated heterocycles. The van der Waals surface area contributed by atoms with Crippen molar-refractivity contribution in [3.05, 3.63) is 84.2 Å². The van der Waals surface area contributed by atoms with E-state index < -0.39 is 84.7 Å². The second-order valence-corrected chi connectivity index (χ2v) is 11.8. The van der Waals surface area contributed by atoms with Gasteiger partial charge in [0.05, 0.1) is 23.5 Å². The zero-order chi connectivity index (χ0) is 36.3. The molecule has 0 spiro atoms. The molecule has 0 aliphatic heterocycles. The average molecular weight is 688 g/mol. The minimum atomic E-state index is -5.11. The van der Waals surface area contributed by atoms with Crippen molar-refractivity contribution in [2.75, 3.05) is 0 Å². The first-order valence-corrected chi connectivity index (χ1v) is 15.5. The van der Waals surface area contributed by atoms with E-state index >= 15 is 0 Å². The third-order valence-electron chi connectivity index (χ3n) is 7.51. The fourth-order valence-corrected chi connectivity index (χ4v) is 4.76. The van der Waals surface area contributed by atoms with E-state index in [9.17, 15) is 42.3 Å². The summed E-state index contributed by atoms with van der Waals surface area (Å²) in [6.45, 7) is 4.59. The number of alkyl halides is 3. The van der Waals surface area contributed by atoms with Crippen molar-refractivity contribution in [2.24, 2.45) is 11.7 Å². The summed E-state index contributed by atoms with van der Waals surface area (Å²) in [4.78, 5) is 64.2. The number of amides is 5. The topological polar surface area (TPSA) is 198 Å². The van der Waals surface area contributed by atoms with Crippen molar-refractivity contribution in [3.63, 3.8) is 0 Å². The molecule has 3 aromatic rings. The Morgan fingerprint density at radius 2 is 1.47 bits per heavy atom. The van der Waals surface area contributed by atoms with E-state index in [-0.39, 0.29) is 12.0 Å². The molecule has 0 aliphatic carbocycles. The first kappa shape index (κ1) is 38.2. The maximum Gasteiger partial charge on any atom is 0.416 e. The third kappa shape index (κ3) is 11.4. The third-order valence-corrected chi connectivity index (χ3v) is 7.51. The quantitative estimate of drug-likeness (QED) is 0.131. The molecule has 2 aromatic carbocycles. The first-order valence-electron chi connectivity index (χ1n) is 15.5. The van der Waals surface area contributed by atoms with Gasteiger partial charge in [-0.05, 0) is 37.0 Å². The van der Waals surface area contributed by atoms with E-state index in [1.54, 1.807) is 56.3 Å². The monoisotopic (exact) mass is 687 g/mol. The molecule has 0 saturated carbocycles. The van der Waals surface area contributed by atoms with Crippen molar-refractivity contribution in [1.29, 1.82) is 0 Å². The summed E-state index contributed by atoms with van der Waals surface area (Å²) in [5.41, 5.74) is 6.57. The predicted octanol–water partition coefficient (Wildman–Crippen LogP) is 1.53. The van der Waals surface area contributed by atoms with Crippen molar-refractivity contribution in [3.8, 4) is 5.69 Å². The molecule has 13 nitrogen and oxygen atoms in total. The van der Waals surface area contributed by atoms with Gasteiger partial charge >= 0.3 is 6.18 Å². The van der Waals surface area contributed by atoms with Gasteiger partial charge in [-0.3, -0.25) is 24.0 Å². The number of hydrogen-bond donors (Lipinski definition) is 6. The number of carbonyl (C=O) groups excluding carboxylic acids is 5. The lowest BCUT2D eigenvalue weighted by Crippen LogP contribution is -2.59. The summed E-state index contributed by atoms with van der Waals surface area (Å²) in [5, 5.41) is 23.7. The maximum atomic E-state index is 13.6. The Hall–Kier alpha value is -5.25. The van der Waals surface area contributed by atoms with Crippen molar-refractivity contribution in [2.45, 2.75) is 76.5 Å². The number of aliphatic hydroxyl groups excluding tert-OH is 1. The fraction of sp³-hybridized carbons (Fsp3) is 0.394. The molecule has 1 heterocycles. The van der Waals surface area contributed by atoms with E-state index in [0.717, 1.165) is 5.69 Å². The number of primary amides is 1. The van der Waals surface area contributed by atoms with Gasteiger partial charge in [-0.25, -0.2) is 4.68 Å². The summed E-state index contributed by atoms with van der Waals surface area (Å²) in [6.07, 6.45) is -6.45. The van der Waals surface area contributed by atoms with E-state index in [0.29, 0.717) is 5.56 Å². The second-order valence-electron chi connectivity index (χ2n) is 11.8. The molecule has 16 heteroatoms. The Bertz CT molecular complexity index is 1580. The summed E-state index contributed by atoms with van der Waals surface area (Å²) in [6, 6.07) is 11.9. The predicted molar refractivity (Wildman–Crippen MR) is 172 cm³/mol. The zero-order valence-electron chi connectivity index (χ0n) is 27.1. The van der Waals surface area contributed by atoms with Crippen LogP contribution in [0.2, 0.25) is 0 Å². The number of hydrogen-bond acceptors (Lipinski definition) is 7. The molecule has 0 radical (unpaired) electrons. The largest absolute Gasteiger partial charge is 0.416 e. The van der Waals surface area contributed by atoms with Crippen LogP contribution < -0.4 is 27.0 Å². The second kappa shape index (κ2) is 17.2. The Morgan fingerprint density at radius 3 is 2.04 bits per heavy atom. The van der Waals surface area contributed by atoms with E-state index in [2.05, 4.69) is 21.0 Å². The molecule has 0 aliphatic rings. The number of aromatic nitrogens is 2. The number of nitrogens with two attached hydrogens (primary N) is 1. The molecule has 3 rings (SSSR count). The highest BCUT2D eigenvalue weighted by Gasteiger charge is 2.44. The summed E-state index contributed by atoms with van der Waals surface area (Å²) in [5.74, 6) is -4.59. The SMILES string of the molecule is CC(NC(=O)C(Cc1ccccc1)NC(=O)C(NC(=O)c1cnn(-c2ccccc2)c1)C(C)C)C(=O)NC(CCC(N)=O)C(O)C(F)(F)F. The van der Waals surface area contributed by atoms with Crippen molar-refractivity contribution < 1.29 is 42.3 Å². The van der Waals surface area contributed by atoms with Crippen LogP contribution in [0.4, 0.5) is 13.2 Å². The van der Waals surface area contributed by atoms with E-state index in [1.807, 2.05) is 23.5 Å². The molecule has 5 atom stereocenters. The number of nitrogens with zero attached hydrogens (tertiary/aromatic N) is 2. The number of carbonyl (C=O) groups is 5. The highest BCUT2D eigenvalue weighted by molar-refractivity contribution is 5.98. The van der Waals surface area contributed by atoms with Crippen molar-refractivity contribution in [1.82, 2.24) is 31.0 Å². The van der Waals surface area contributed by atoms with Crippen LogP contribution in [0.5, 0.6) is 0 Å². The van der Waals surface area contributed by atoms with Crippen LogP contribution in [0.25, 0.3) is 5.69 Å². The minimum Gasteiger partial charge on any atom is -0.382 e. The maximum absolute atomic E-state index is 13.6. The summed E-state index contributed by atoms with van der Waals surface area (Å²) in [7, 11) is 0. The smallest absolute Gasteiger partial charge is 0.382 e. The number of rotatable bonds is 16. The van der Waals surface area contributed by atoms with Gasteiger partial charge in [-0.15, -0.1) is 0 Å². The Balaban J connectivity index is 1.74. The lowest BCUT2D eigenvalue weighted by Gasteiger charge is -2.28. The lowest BCUT2D eigenvalue weighted by molar-refractivity contribution is -0.212. The van der Waals surface area contributed by atoms with Crippen LogP contribution in [0.1, 0.15) is 49.5 Å². The van der Waals surface area contributed by atoms with E-state index in [1.165, 1.54) is 24.0 Å². The molecule has 0 bridgehead atoms. The number of nitrogens with one attached hydrogen (secondary N) is 4. The van der Waals surface area contributed by atoms with Gasteiger partial charge in [0.15, 0.2) is 6.10 Å². The molecule has 5 unspecified atom stereocenters. The standard InChI is InChI=1S/C33H40F3N7O6/c1-19(2)27(42-30(47)22-17-38-43(18-22)23-12-8-5-9-13-23)32(49)41-25(16-21-10-6-4-7-11-21)31(48)39-20(3)29(46)40-24(14-15-26(37)44)28(45)33(34,35)36/h4-13,17-20,24-25,27-28,45H,14-16H2,1-3H3,(H2,37,44)(H,39,48)(H,40,46)(H,41,49)(H,42,47). The van der Waals surface area contributed by atoms with Crippen molar-refractivity contribution >= 4 is 29.5 Å². The van der Waals surface area contributed by atoms with Crippen LogP contribution in [0, 0.1) is 5.92 Å². The molecule has 264 valence electrons.